The Morgan fingerprint density at radius 2 is 2.25 bits per heavy atom. The maximum absolute atomic E-state index is 11.4. The summed E-state index contributed by atoms with van der Waals surface area (Å²) in [6.45, 7) is 4.95. The molecule has 0 spiro atoms. The third-order valence-corrected chi connectivity index (χ3v) is 4.18. The Bertz CT molecular complexity index is 273. The zero-order valence-electron chi connectivity index (χ0n) is 9.78. The minimum atomic E-state index is -2.92. The van der Waals surface area contributed by atoms with Crippen molar-refractivity contribution in [2.45, 2.75) is 19.4 Å². The number of nitrogens with one attached hydrogen (secondary N) is 1. The monoisotopic (exact) mass is 251 g/mol. The zero-order chi connectivity index (χ0) is 11.9. The molecule has 1 aliphatic heterocycles. The molecule has 0 amide bonds. The van der Waals surface area contributed by atoms with Gasteiger partial charge in [0.25, 0.3) is 0 Å². The maximum atomic E-state index is 11.4. The molecule has 0 saturated carbocycles. The molecule has 1 atom stereocenters. The predicted octanol–water partition coefficient (Wildman–Crippen LogP) is -0.184. The molecule has 0 aromatic heterocycles. The van der Waals surface area contributed by atoms with Gasteiger partial charge in [-0.25, -0.2) is 8.42 Å². The van der Waals surface area contributed by atoms with Gasteiger partial charge in [0, 0.05) is 18.8 Å². The van der Waals surface area contributed by atoms with Crippen molar-refractivity contribution in [3.63, 3.8) is 0 Å². The van der Waals surface area contributed by atoms with Crippen LogP contribution in [0.2, 0.25) is 0 Å². The molecule has 6 heteroatoms. The summed E-state index contributed by atoms with van der Waals surface area (Å²) in [6.07, 6.45) is 0.723. The van der Waals surface area contributed by atoms with Crippen LogP contribution in [-0.2, 0) is 19.3 Å². The van der Waals surface area contributed by atoms with Gasteiger partial charge < -0.3 is 14.8 Å². The third kappa shape index (κ3) is 5.79. The molecule has 0 bridgehead atoms. The Morgan fingerprint density at radius 3 is 2.88 bits per heavy atom. The van der Waals surface area contributed by atoms with Gasteiger partial charge >= 0.3 is 0 Å². The first kappa shape index (κ1) is 13.9. The van der Waals surface area contributed by atoms with Crippen molar-refractivity contribution in [1.29, 1.82) is 0 Å². The topological polar surface area (TPSA) is 64.6 Å². The van der Waals surface area contributed by atoms with Crippen molar-refractivity contribution >= 4 is 9.84 Å². The molecule has 1 aliphatic rings. The molecular weight excluding hydrogens is 230 g/mol. The molecule has 1 N–H and O–H groups in total. The minimum absolute atomic E-state index is 0.0580. The highest BCUT2D eigenvalue weighted by Gasteiger charge is 2.14. The maximum Gasteiger partial charge on any atom is 0.152 e. The van der Waals surface area contributed by atoms with E-state index < -0.39 is 9.84 Å². The van der Waals surface area contributed by atoms with Crippen LogP contribution in [0, 0.1) is 0 Å². The standard InChI is InChI=1S/C10H21NO4S/c1-2-6-16(12,13)7-5-14-9-10-8-11-3-4-15-10/h10-11H,2-9H2,1H3. The summed E-state index contributed by atoms with van der Waals surface area (Å²) >= 11 is 0. The molecule has 1 saturated heterocycles. The van der Waals surface area contributed by atoms with Crippen molar-refractivity contribution in [1.82, 2.24) is 5.32 Å². The lowest BCUT2D eigenvalue weighted by atomic mass is 10.3. The fourth-order valence-electron chi connectivity index (χ4n) is 1.54. The fraction of sp³-hybridized carbons (Fsp3) is 1.00. The number of rotatable bonds is 7. The number of ether oxygens (including phenoxy) is 2. The van der Waals surface area contributed by atoms with Gasteiger partial charge in [0.15, 0.2) is 9.84 Å². The Labute approximate surface area is 97.4 Å². The van der Waals surface area contributed by atoms with Crippen LogP contribution in [0.15, 0.2) is 0 Å². The van der Waals surface area contributed by atoms with Crippen LogP contribution in [0.4, 0.5) is 0 Å². The molecule has 0 aromatic rings. The average Bonchev–Trinajstić information content (AvgIpc) is 2.26. The summed E-state index contributed by atoms with van der Waals surface area (Å²) in [4.78, 5) is 0. The van der Waals surface area contributed by atoms with Gasteiger partial charge in [-0.05, 0) is 6.42 Å². The van der Waals surface area contributed by atoms with E-state index in [9.17, 15) is 8.42 Å². The van der Waals surface area contributed by atoms with Crippen molar-refractivity contribution in [2.24, 2.45) is 0 Å². The number of morpholine rings is 1. The first-order valence-electron chi connectivity index (χ1n) is 5.74. The van der Waals surface area contributed by atoms with Crippen LogP contribution in [0.3, 0.4) is 0 Å². The second-order valence-electron chi connectivity index (χ2n) is 3.92. The SMILES string of the molecule is CCCS(=O)(=O)CCOCC1CNCCO1. The smallest absolute Gasteiger partial charge is 0.152 e. The summed E-state index contributed by atoms with van der Waals surface area (Å²) < 4.78 is 33.4. The lowest BCUT2D eigenvalue weighted by Crippen LogP contribution is -2.41. The van der Waals surface area contributed by atoms with Gasteiger partial charge in [-0.2, -0.15) is 0 Å². The van der Waals surface area contributed by atoms with E-state index in [1.807, 2.05) is 6.92 Å². The van der Waals surface area contributed by atoms with Crippen LogP contribution >= 0.6 is 0 Å². The molecule has 1 heterocycles. The Balaban J connectivity index is 2.06. The molecular formula is C10H21NO4S. The summed E-state index contributed by atoms with van der Waals surface area (Å²) in [5, 5.41) is 3.19. The van der Waals surface area contributed by atoms with Crippen LogP contribution < -0.4 is 5.32 Å². The van der Waals surface area contributed by atoms with Crippen molar-refractivity contribution in [3.8, 4) is 0 Å². The van der Waals surface area contributed by atoms with E-state index in [-0.39, 0.29) is 24.2 Å². The van der Waals surface area contributed by atoms with Crippen molar-refractivity contribution in [2.75, 3.05) is 44.4 Å². The minimum Gasteiger partial charge on any atom is -0.378 e. The highest BCUT2D eigenvalue weighted by atomic mass is 32.2. The van der Waals surface area contributed by atoms with E-state index in [1.54, 1.807) is 0 Å². The van der Waals surface area contributed by atoms with Gasteiger partial charge in [-0.1, -0.05) is 6.92 Å². The summed E-state index contributed by atoms with van der Waals surface area (Å²) in [5.41, 5.74) is 0. The number of sulfone groups is 1. The normalized spacial score (nSPS) is 22.2. The van der Waals surface area contributed by atoms with Crippen LogP contribution in [0.5, 0.6) is 0 Å². The third-order valence-electron chi connectivity index (χ3n) is 2.36. The van der Waals surface area contributed by atoms with Gasteiger partial charge in [0.1, 0.15) is 0 Å². The Kier molecular flexibility index (Phi) is 6.26. The summed E-state index contributed by atoms with van der Waals surface area (Å²) in [5.74, 6) is 0.360. The van der Waals surface area contributed by atoms with E-state index in [4.69, 9.17) is 9.47 Å². The molecule has 16 heavy (non-hydrogen) atoms. The molecule has 1 unspecified atom stereocenters. The van der Waals surface area contributed by atoms with Gasteiger partial charge in [-0.3, -0.25) is 0 Å². The molecule has 5 nitrogen and oxygen atoms in total. The Morgan fingerprint density at radius 1 is 1.44 bits per heavy atom. The number of hydrogen-bond donors (Lipinski definition) is 1. The molecule has 0 aliphatic carbocycles. The van der Waals surface area contributed by atoms with Crippen molar-refractivity contribution < 1.29 is 17.9 Å². The number of hydrogen-bond acceptors (Lipinski definition) is 5. The second kappa shape index (κ2) is 7.21. The summed E-state index contributed by atoms with van der Waals surface area (Å²) in [6, 6.07) is 0. The van der Waals surface area contributed by atoms with Gasteiger partial charge in [-0.15, -0.1) is 0 Å². The quantitative estimate of drug-likeness (QED) is 0.636. The highest BCUT2D eigenvalue weighted by Crippen LogP contribution is 1.98. The molecule has 96 valence electrons. The van der Waals surface area contributed by atoms with E-state index >= 15 is 0 Å². The average molecular weight is 251 g/mol. The first-order valence-corrected chi connectivity index (χ1v) is 7.56. The molecule has 1 fully saturated rings. The molecule has 0 radical (unpaired) electrons. The second-order valence-corrected chi connectivity index (χ2v) is 6.23. The van der Waals surface area contributed by atoms with E-state index in [2.05, 4.69) is 5.32 Å². The van der Waals surface area contributed by atoms with Crippen molar-refractivity contribution in [3.05, 3.63) is 0 Å². The molecule has 1 rings (SSSR count). The highest BCUT2D eigenvalue weighted by molar-refractivity contribution is 7.91. The largest absolute Gasteiger partial charge is 0.378 e. The zero-order valence-corrected chi connectivity index (χ0v) is 10.6. The van der Waals surface area contributed by atoms with E-state index in [0.717, 1.165) is 13.1 Å². The first-order chi connectivity index (χ1) is 7.64. The predicted molar refractivity (Wildman–Crippen MR) is 62.4 cm³/mol. The molecule has 0 aromatic carbocycles. The lowest BCUT2D eigenvalue weighted by Gasteiger charge is -2.23. The van der Waals surface area contributed by atoms with E-state index in [1.165, 1.54) is 0 Å². The van der Waals surface area contributed by atoms with E-state index in [0.29, 0.717) is 19.6 Å². The van der Waals surface area contributed by atoms with Crippen LogP contribution in [0.1, 0.15) is 13.3 Å². The lowest BCUT2D eigenvalue weighted by molar-refractivity contribution is -0.0283. The van der Waals surface area contributed by atoms with Crippen LogP contribution in [0.25, 0.3) is 0 Å². The fourth-order valence-corrected chi connectivity index (χ4v) is 2.74. The van der Waals surface area contributed by atoms with Gasteiger partial charge in [0.2, 0.25) is 0 Å². The Hall–Kier alpha value is -0.170. The summed E-state index contributed by atoms with van der Waals surface area (Å²) in [7, 11) is -2.92. The van der Waals surface area contributed by atoms with Crippen LogP contribution in [-0.4, -0.2) is 58.9 Å². The van der Waals surface area contributed by atoms with Gasteiger partial charge in [0.05, 0.1) is 31.7 Å².